The molecule has 0 spiro atoms. The average molecular weight is 475 g/mol. The Morgan fingerprint density at radius 2 is 0.941 bits per heavy atom. The minimum absolute atomic E-state index is 0.0339. The fraction of sp³-hybridized carbons (Fsp3) is 0.871. The summed E-state index contributed by atoms with van der Waals surface area (Å²) in [5.41, 5.74) is 0. The van der Waals surface area contributed by atoms with E-state index in [4.69, 9.17) is 0 Å². The Bertz CT molecular complexity index is 593. The predicted molar refractivity (Wildman–Crippen MR) is 143 cm³/mol. The average Bonchev–Trinajstić information content (AvgIpc) is 2.83. The number of carbonyl (C=O) groups is 2. The van der Waals surface area contributed by atoms with Gasteiger partial charge in [0.25, 0.3) is 0 Å². The molecule has 0 radical (unpaired) electrons. The van der Waals surface area contributed by atoms with Crippen LogP contribution in [0.3, 0.4) is 0 Å². The minimum atomic E-state index is -0.523. The SMILES string of the molecule is CCCCCCCCCCCCCCCCCCCCCCCCC1C2C=C(O)C(=O)C1C2=O. The Kier molecular flexibility index (Phi) is 15.6. The van der Waals surface area contributed by atoms with Crippen molar-refractivity contribution in [3.05, 3.63) is 11.8 Å². The van der Waals surface area contributed by atoms with Gasteiger partial charge in [0.2, 0.25) is 5.78 Å². The lowest BCUT2D eigenvalue weighted by molar-refractivity contribution is -0.150. The summed E-state index contributed by atoms with van der Waals surface area (Å²) in [5.74, 6) is -1.02. The molecule has 0 aromatic carbocycles. The summed E-state index contributed by atoms with van der Waals surface area (Å²) in [6.07, 6.45) is 33.0. The molecule has 0 amide bonds. The summed E-state index contributed by atoms with van der Waals surface area (Å²) in [6.45, 7) is 2.29. The van der Waals surface area contributed by atoms with E-state index >= 15 is 0 Å². The van der Waals surface area contributed by atoms with Gasteiger partial charge in [-0.1, -0.05) is 148 Å². The highest BCUT2D eigenvalue weighted by molar-refractivity contribution is 6.17. The summed E-state index contributed by atoms with van der Waals surface area (Å²) in [7, 11) is 0. The van der Waals surface area contributed by atoms with Crippen molar-refractivity contribution in [3.8, 4) is 0 Å². The monoisotopic (exact) mass is 474 g/mol. The molecule has 3 aliphatic carbocycles. The summed E-state index contributed by atoms with van der Waals surface area (Å²) in [6, 6.07) is 0. The lowest BCUT2D eigenvalue weighted by Crippen LogP contribution is -2.54. The van der Waals surface area contributed by atoms with Crippen molar-refractivity contribution in [1.82, 2.24) is 0 Å². The van der Waals surface area contributed by atoms with Crippen molar-refractivity contribution in [2.45, 2.75) is 155 Å². The Morgan fingerprint density at radius 1 is 0.588 bits per heavy atom. The van der Waals surface area contributed by atoms with Crippen LogP contribution in [0.5, 0.6) is 0 Å². The molecule has 0 aromatic rings. The first kappa shape index (κ1) is 29.1. The number of carbonyl (C=O) groups excluding carboxylic acids is 2. The van der Waals surface area contributed by atoms with Crippen molar-refractivity contribution in [1.29, 1.82) is 0 Å². The van der Waals surface area contributed by atoms with E-state index in [1.165, 1.54) is 141 Å². The van der Waals surface area contributed by atoms with E-state index in [1.807, 2.05) is 0 Å². The number of rotatable bonds is 23. The van der Waals surface area contributed by atoms with Crippen molar-refractivity contribution in [2.24, 2.45) is 17.8 Å². The molecular formula is C31H54O3. The summed E-state index contributed by atoms with van der Waals surface area (Å²) >= 11 is 0. The van der Waals surface area contributed by atoms with E-state index in [-0.39, 0.29) is 29.2 Å². The fourth-order valence-corrected chi connectivity index (χ4v) is 5.99. The van der Waals surface area contributed by atoms with Crippen molar-refractivity contribution in [2.75, 3.05) is 0 Å². The molecule has 3 atom stereocenters. The standard InChI is InChI=1S/C31H54O3/c1-2-3-4-5-6-7-8-9-10-11-12-13-14-15-16-17-18-19-20-21-22-23-24-26-27-25-28(32)31(34)29(26)30(27)33/h25-27,29,32H,2-24H2,1H3. The number of unbranched alkanes of at least 4 members (excludes halogenated alkanes) is 21. The highest BCUT2D eigenvalue weighted by Crippen LogP contribution is 2.46. The van der Waals surface area contributed by atoms with Gasteiger partial charge in [0, 0.05) is 5.92 Å². The highest BCUT2D eigenvalue weighted by atomic mass is 16.3. The second-order valence-corrected chi connectivity index (χ2v) is 11.2. The molecule has 2 bridgehead atoms. The van der Waals surface area contributed by atoms with Gasteiger partial charge in [-0.05, 0) is 18.4 Å². The molecule has 0 saturated heterocycles. The number of allylic oxidation sites excluding steroid dienone is 2. The zero-order valence-electron chi connectivity index (χ0n) is 22.3. The smallest absolute Gasteiger partial charge is 0.207 e. The van der Waals surface area contributed by atoms with Gasteiger partial charge in [-0.2, -0.15) is 0 Å². The number of hydrogen-bond acceptors (Lipinski definition) is 3. The summed E-state index contributed by atoms with van der Waals surface area (Å²) < 4.78 is 0. The maximum atomic E-state index is 11.9. The molecule has 1 fully saturated rings. The van der Waals surface area contributed by atoms with E-state index in [0.29, 0.717) is 0 Å². The Balaban J connectivity index is 1.24. The van der Waals surface area contributed by atoms with Crippen LogP contribution in [0.15, 0.2) is 11.8 Å². The van der Waals surface area contributed by atoms with E-state index in [0.717, 1.165) is 12.8 Å². The van der Waals surface area contributed by atoms with E-state index in [9.17, 15) is 14.7 Å². The minimum Gasteiger partial charge on any atom is -0.505 e. The number of hydrogen-bond donors (Lipinski definition) is 1. The van der Waals surface area contributed by atoms with Crippen LogP contribution in [0.25, 0.3) is 0 Å². The van der Waals surface area contributed by atoms with Crippen LogP contribution in [-0.4, -0.2) is 16.7 Å². The van der Waals surface area contributed by atoms with Crippen LogP contribution in [0.1, 0.15) is 155 Å². The molecule has 3 aliphatic rings. The van der Waals surface area contributed by atoms with E-state index in [1.54, 1.807) is 0 Å². The fourth-order valence-electron chi connectivity index (χ4n) is 5.99. The summed E-state index contributed by atoms with van der Waals surface area (Å²) in [5, 5.41) is 9.53. The highest BCUT2D eigenvalue weighted by Gasteiger charge is 2.55. The number of aliphatic hydroxyl groups is 1. The summed E-state index contributed by atoms with van der Waals surface area (Å²) in [4.78, 5) is 23.7. The lowest BCUT2D eigenvalue weighted by atomic mass is 9.56. The maximum Gasteiger partial charge on any atom is 0.207 e. The first-order valence-electron chi connectivity index (χ1n) is 15.2. The van der Waals surface area contributed by atoms with E-state index in [2.05, 4.69) is 6.92 Å². The molecule has 0 heterocycles. The van der Waals surface area contributed by atoms with Crippen LogP contribution >= 0.6 is 0 Å². The maximum absolute atomic E-state index is 11.9. The normalized spacial score (nSPS) is 21.6. The number of Topliss-reactive ketones (excluding diaryl/α,β-unsaturated/α-hetero) is 2. The number of fused-ring (bicyclic) bond motifs is 1. The number of ketones is 2. The van der Waals surface area contributed by atoms with Gasteiger partial charge in [0.05, 0.1) is 5.92 Å². The van der Waals surface area contributed by atoms with Gasteiger partial charge >= 0.3 is 0 Å². The quantitative estimate of drug-likeness (QED) is 0.118. The van der Waals surface area contributed by atoms with Crippen LogP contribution < -0.4 is 0 Å². The Labute approximate surface area is 210 Å². The first-order valence-corrected chi connectivity index (χ1v) is 15.2. The molecule has 3 unspecified atom stereocenters. The molecule has 0 aliphatic heterocycles. The van der Waals surface area contributed by atoms with Gasteiger partial charge in [0.15, 0.2) is 11.5 Å². The molecule has 0 aromatic heterocycles. The van der Waals surface area contributed by atoms with Gasteiger partial charge in [-0.25, -0.2) is 0 Å². The molecule has 3 rings (SSSR count). The third-order valence-electron chi connectivity index (χ3n) is 8.29. The Hall–Kier alpha value is -1.12. The van der Waals surface area contributed by atoms with Crippen molar-refractivity contribution >= 4 is 11.6 Å². The van der Waals surface area contributed by atoms with Crippen molar-refractivity contribution in [3.63, 3.8) is 0 Å². The zero-order valence-corrected chi connectivity index (χ0v) is 22.3. The second-order valence-electron chi connectivity index (χ2n) is 11.2. The Morgan fingerprint density at radius 3 is 1.29 bits per heavy atom. The molecule has 34 heavy (non-hydrogen) atoms. The van der Waals surface area contributed by atoms with Gasteiger partial charge in [-0.3, -0.25) is 9.59 Å². The van der Waals surface area contributed by atoms with Crippen LogP contribution in [0.2, 0.25) is 0 Å². The topological polar surface area (TPSA) is 54.4 Å². The molecule has 3 nitrogen and oxygen atoms in total. The van der Waals surface area contributed by atoms with Crippen LogP contribution in [-0.2, 0) is 9.59 Å². The zero-order chi connectivity index (χ0) is 24.4. The molecule has 196 valence electrons. The second kappa shape index (κ2) is 18.2. The largest absolute Gasteiger partial charge is 0.505 e. The van der Waals surface area contributed by atoms with Gasteiger partial charge < -0.3 is 5.11 Å². The van der Waals surface area contributed by atoms with Gasteiger partial charge in [0.1, 0.15) is 0 Å². The molecular weight excluding hydrogens is 420 g/mol. The van der Waals surface area contributed by atoms with Crippen LogP contribution in [0.4, 0.5) is 0 Å². The molecule has 3 heteroatoms. The van der Waals surface area contributed by atoms with Crippen molar-refractivity contribution < 1.29 is 14.7 Å². The van der Waals surface area contributed by atoms with Crippen LogP contribution in [0, 0.1) is 17.8 Å². The lowest BCUT2D eigenvalue weighted by Gasteiger charge is -2.43. The third-order valence-corrected chi connectivity index (χ3v) is 8.29. The molecule has 1 N–H and O–H groups in total. The third kappa shape index (κ3) is 10.6. The first-order chi connectivity index (χ1) is 16.7. The van der Waals surface area contributed by atoms with Gasteiger partial charge in [-0.15, -0.1) is 0 Å². The predicted octanol–water partition coefficient (Wildman–Crippen LogP) is 9.43. The molecule has 1 saturated carbocycles. The number of aliphatic hydroxyl groups excluding tert-OH is 1. The van der Waals surface area contributed by atoms with E-state index < -0.39 is 5.92 Å².